The SMILES string of the molecule is O=C(NC(=S)NCc1cccs1)c1ccc(Br)o1. The average Bonchev–Trinajstić information content (AvgIpc) is 2.97. The standard InChI is InChI=1S/C11H9BrN2O2S2/c12-9-4-3-8(16-9)10(15)14-11(17)13-6-7-2-1-5-18-7/h1-5H,6H2,(H2,13,14,15,17). The first-order chi connectivity index (χ1) is 8.65. The molecule has 1 amide bonds. The minimum atomic E-state index is -0.371. The zero-order valence-corrected chi connectivity index (χ0v) is 12.3. The van der Waals surface area contributed by atoms with E-state index < -0.39 is 0 Å². The molecule has 18 heavy (non-hydrogen) atoms. The van der Waals surface area contributed by atoms with Crippen LogP contribution in [-0.4, -0.2) is 11.0 Å². The predicted octanol–water partition coefficient (Wildman–Crippen LogP) is 2.91. The monoisotopic (exact) mass is 344 g/mol. The van der Waals surface area contributed by atoms with Gasteiger partial charge in [-0.15, -0.1) is 11.3 Å². The molecule has 0 atom stereocenters. The lowest BCUT2D eigenvalue weighted by Crippen LogP contribution is -2.38. The zero-order valence-electron chi connectivity index (χ0n) is 9.10. The van der Waals surface area contributed by atoms with E-state index in [9.17, 15) is 4.79 Å². The maximum Gasteiger partial charge on any atom is 0.293 e. The summed E-state index contributed by atoms with van der Waals surface area (Å²) in [6.45, 7) is 0.596. The Hall–Kier alpha value is -1.18. The highest BCUT2D eigenvalue weighted by molar-refractivity contribution is 9.10. The van der Waals surface area contributed by atoms with E-state index in [1.54, 1.807) is 23.5 Å². The maximum absolute atomic E-state index is 11.7. The summed E-state index contributed by atoms with van der Waals surface area (Å²) >= 11 is 9.77. The molecule has 0 radical (unpaired) electrons. The second-order valence-corrected chi connectivity index (χ2v) is 5.54. The van der Waals surface area contributed by atoms with Crippen molar-refractivity contribution in [2.24, 2.45) is 0 Å². The number of thiophene rings is 1. The van der Waals surface area contributed by atoms with Crippen molar-refractivity contribution >= 4 is 50.5 Å². The molecule has 2 heterocycles. The molecular weight excluding hydrogens is 336 g/mol. The van der Waals surface area contributed by atoms with Gasteiger partial charge in [0.25, 0.3) is 5.91 Å². The Balaban J connectivity index is 1.82. The largest absolute Gasteiger partial charge is 0.444 e. The van der Waals surface area contributed by atoms with Gasteiger partial charge in [0.1, 0.15) is 0 Å². The van der Waals surface area contributed by atoms with Crippen LogP contribution in [-0.2, 0) is 6.54 Å². The number of hydrogen-bond acceptors (Lipinski definition) is 4. The van der Waals surface area contributed by atoms with Gasteiger partial charge in [0.05, 0.1) is 6.54 Å². The zero-order chi connectivity index (χ0) is 13.0. The molecule has 7 heteroatoms. The van der Waals surface area contributed by atoms with Gasteiger partial charge in [0.2, 0.25) is 0 Å². The quantitative estimate of drug-likeness (QED) is 0.840. The van der Waals surface area contributed by atoms with Crippen molar-refractivity contribution in [3.8, 4) is 0 Å². The summed E-state index contributed by atoms with van der Waals surface area (Å²) in [6.07, 6.45) is 0. The number of rotatable bonds is 3. The molecule has 0 aliphatic rings. The minimum Gasteiger partial charge on any atom is -0.444 e. The number of amides is 1. The Morgan fingerprint density at radius 1 is 1.44 bits per heavy atom. The summed E-state index contributed by atoms with van der Waals surface area (Å²) in [4.78, 5) is 12.8. The molecule has 2 rings (SSSR count). The van der Waals surface area contributed by atoms with Crippen molar-refractivity contribution < 1.29 is 9.21 Å². The first-order valence-corrected chi connectivity index (χ1v) is 7.10. The van der Waals surface area contributed by atoms with Crippen molar-refractivity contribution in [2.45, 2.75) is 6.54 Å². The van der Waals surface area contributed by atoms with Crippen LogP contribution < -0.4 is 10.6 Å². The van der Waals surface area contributed by atoms with Crippen LogP contribution in [0, 0.1) is 0 Å². The number of thiocarbonyl (C=S) groups is 1. The van der Waals surface area contributed by atoms with Crippen molar-refractivity contribution in [1.29, 1.82) is 0 Å². The van der Waals surface area contributed by atoms with E-state index in [4.69, 9.17) is 16.6 Å². The molecule has 0 aliphatic heterocycles. The van der Waals surface area contributed by atoms with Crippen molar-refractivity contribution in [3.05, 3.63) is 45.0 Å². The van der Waals surface area contributed by atoms with Gasteiger partial charge in [-0.1, -0.05) is 6.07 Å². The van der Waals surface area contributed by atoms with E-state index in [2.05, 4.69) is 26.6 Å². The molecule has 0 aliphatic carbocycles. The molecule has 0 spiro atoms. The second-order valence-electron chi connectivity index (χ2n) is 3.32. The smallest absolute Gasteiger partial charge is 0.293 e. The number of carbonyl (C=O) groups excluding carboxylic acids is 1. The topological polar surface area (TPSA) is 54.3 Å². The third-order valence-corrected chi connectivity index (χ3v) is 3.58. The van der Waals surface area contributed by atoms with E-state index in [-0.39, 0.29) is 16.8 Å². The molecule has 94 valence electrons. The lowest BCUT2D eigenvalue weighted by atomic mass is 10.4. The number of furan rings is 1. The fourth-order valence-corrected chi connectivity index (χ4v) is 2.34. The Labute approximate surface area is 122 Å². The summed E-state index contributed by atoms with van der Waals surface area (Å²) in [5.74, 6) is -0.161. The Bertz CT molecular complexity index is 551. The molecule has 2 aromatic rings. The lowest BCUT2D eigenvalue weighted by Gasteiger charge is -2.06. The van der Waals surface area contributed by atoms with Crippen molar-refractivity contribution in [2.75, 3.05) is 0 Å². The second kappa shape index (κ2) is 6.12. The summed E-state index contributed by atoms with van der Waals surface area (Å²) in [5.41, 5.74) is 0. The van der Waals surface area contributed by atoms with Crippen LogP contribution in [0.3, 0.4) is 0 Å². The Morgan fingerprint density at radius 3 is 2.89 bits per heavy atom. The van der Waals surface area contributed by atoms with Gasteiger partial charge in [-0.3, -0.25) is 10.1 Å². The van der Waals surface area contributed by atoms with Crippen LogP contribution in [0.5, 0.6) is 0 Å². The van der Waals surface area contributed by atoms with Gasteiger partial charge in [-0.05, 0) is 51.7 Å². The third-order valence-electron chi connectivity index (χ3n) is 2.03. The summed E-state index contributed by atoms with van der Waals surface area (Å²) in [6, 6.07) is 7.17. The van der Waals surface area contributed by atoms with Gasteiger partial charge < -0.3 is 9.73 Å². The van der Waals surface area contributed by atoms with Crippen LogP contribution in [0.2, 0.25) is 0 Å². The molecule has 2 aromatic heterocycles. The molecule has 0 fully saturated rings. The summed E-state index contributed by atoms with van der Waals surface area (Å²) in [7, 11) is 0. The molecule has 0 saturated heterocycles. The van der Waals surface area contributed by atoms with E-state index >= 15 is 0 Å². The summed E-state index contributed by atoms with van der Waals surface area (Å²) in [5, 5.41) is 7.76. The molecule has 0 aromatic carbocycles. The van der Waals surface area contributed by atoms with Gasteiger partial charge in [0.15, 0.2) is 15.5 Å². The van der Waals surface area contributed by atoms with Crippen LogP contribution in [0.4, 0.5) is 0 Å². The first kappa shape index (κ1) is 13.3. The molecule has 2 N–H and O–H groups in total. The van der Waals surface area contributed by atoms with Crippen molar-refractivity contribution in [1.82, 2.24) is 10.6 Å². The summed E-state index contributed by atoms with van der Waals surface area (Å²) < 4.78 is 5.62. The highest BCUT2D eigenvalue weighted by Gasteiger charge is 2.11. The number of nitrogens with one attached hydrogen (secondary N) is 2. The number of halogens is 1. The average molecular weight is 345 g/mol. The highest BCUT2D eigenvalue weighted by atomic mass is 79.9. The normalized spacial score (nSPS) is 10.1. The Kier molecular flexibility index (Phi) is 4.51. The first-order valence-electron chi connectivity index (χ1n) is 5.02. The fourth-order valence-electron chi connectivity index (χ4n) is 1.23. The van der Waals surface area contributed by atoms with Crippen LogP contribution in [0.1, 0.15) is 15.4 Å². The molecule has 0 bridgehead atoms. The van der Waals surface area contributed by atoms with Crippen LogP contribution >= 0.6 is 39.5 Å². The third kappa shape index (κ3) is 3.66. The maximum atomic E-state index is 11.7. The van der Waals surface area contributed by atoms with Gasteiger partial charge in [0, 0.05) is 4.88 Å². The van der Waals surface area contributed by atoms with E-state index in [0.717, 1.165) is 4.88 Å². The van der Waals surface area contributed by atoms with E-state index in [0.29, 0.717) is 11.2 Å². The Morgan fingerprint density at radius 2 is 2.28 bits per heavy atom. The van der Waals surface area contributed by atoms with E-state index in [1.807, 2.05) is 17.5 Å². The molecule has 0 unspecified atom stereocenters. The predicted molar refractivity (Wildman–Crippen MR) is 77.6 cm³/mol. The van der Waals surface area contributed by atoms with E-state index in [1.165, 1.54) is 0 Å². The molecular formula is C11H9BrN2O2S2. The lowest BCUT2D eigenvalue weighted by molar-refractivity contribution is 0.0948. The number of hydrogen-bond donors (Lipinski definition) is 2. The fraction of sp³-hybridized carbons (Fsp3) is 0.0909. The van der Waals surface area contributed by atoms with Gasteiger partial charge in [-0.25, -0.2) is 0 Å². The molecule has 4 nitrogen and oxygen atoms in total. The van der Waals surface area contributed by atoms with Gasteiger partial charge >= 0.3 is 0 Å². The minimum absolute atomic E-state index is 0.210. The highest BCUT2D eigenvalue weighted by Crippen LogP contribution is 2.13. The van der Waals surface area contributed by atoms with Gasteiger partial charge in [-0.2, -0.15) is 0 Å². The van der Waals surface area contributed by atoms with Crippen molar-refractivity contribution in [3.63, 3.8) is 0 Å². The molecule has 0 saturated carbocycles. The van der Waals surface area contributed by atoms with Crippen LogP contribution in [0.25, 0.3) is 0 Å². The van der Waals surface area contributed by atoms with Crippen LogP contribution in [0.15, 0.2) is 38.7 Å². The number of carbonyl (C=O) groups is 1.